The minimum atomic E-state index is -1.43. The van der Waals surface area contributed by atoms with Gasteiger partial charge in [0.1, 0.15) is 23.7 Å². The lowest BCUT2D eigenvalue weighted by Crippen LogP contribution is -2.96. The number of carbonyl (C=O) groups is 3. The number of nitrogens with one attached hydrogen (secondary N) is 2. The second-order valence-corrected chi connectivity index (χ2v) is 12.9. The average Bonchev–Trinajstić information content (AvgIpc) is 3.66. The largest absolute Gasteiger partial charge is 0.628 e. The molecule has 4 aromatic carbocycles. The van der Waals surface area contributed by atoms with Gasteiger partial charge in [0, 0.05) is 45.8 Å². The van der Waals surface area contributed by atoms with Gasteiger partial charge < -0.3 is 36.3 Å². The van der Waals surface area contributed by atoms with E-state index in [9.17, 15) is 24.8 Å². The molecule has 12 heteroatoms. The SMILES string of the molecule is NC(=O)c1ccc(-c2nn(-c3ccc(C(=O)N(Cc4ccc(C(=O)NCCOC5=CCC=C5)cc4[NH+]([O-])[O-])CC4CC4)cc3)c3ccccc23)cc1. The van der Waals surface area contributed by atoms with E-state index in [0.29, 0.717) is 29.2 Å². The second-order valence-electron chi connectivity index (χ2n) is 12.9. The average molecular weight is 698 g/mol. The monoisotopic (exact) mass is 697 g/mol. The Morgan fingerprint density at radius 2 is 1.67 bits per heavy atom. The maximum Gasteiger partial charge on any atom is 0.254 e. The summed E-state index contributed by atoms with van der Waals surface area (Å²) in [4.78, 5) is 40.0. The molecule has 1 saturated carbocycles. The van der Waals surface area contributed by atoms with Crippen molar-refractivity contribution in [2.45, 2.75) is 25.8 Å². The van der Waals surface area contributed by atoms with Crippen molar-refractivity contribution < 1.29 is 24.3 Å². The molecule has 3 amide bonds. The van der Waals surface area contributed by atoms with Crippen LogP contribution in [0.1, 0.15) is 55.9 Å². The summed E-state index contributed by atoms with van der Waals surface area (Å²) in [6.45, 7) is 1.04. The van der Waals surface area contributed by atoms with Gasteiger partial charge in [-0.1, -0.05) is 42.5 Å². The fourth-order valence-corrected chi connectivity index (χ4v) is 6.26. The van der Waals surface area contributed by atoms with Gasteiger partial charge in [-0.2, -0.15) is 5.10 Å². The molecule has 0 atom stereocenters. The van der Waals surface area contributed by atoms with Crippen LogP contribution in [0.5, 0.6) is 0 Å². The van der Waals surface area contributed by atoms with Crippen LogP contribution in [0.3, 0.4) is 0 Å². The van der Waals surface area contributed by atoms with E-state index in [-0.39, 0.29) is 36.9 Å². The fourth-order valence-electron chi connectivity index (χ4n) is 6.26. The third-order valence-electron chi connectivity index (χ3n) is 9.20. The van der Waals surface area contributed by atoms with Gasteiger partial charge in [0.2, 0.25) is 5.91 Å². The predicted octanol–water partition coefficient (Wildman–Crippen LogP) is 4.95. The molecule has 0 unspecified atom stereocenters. The molecule has 5 aromatic rings. The Labute approximate surface area is 299 Å². The zero-order chi connectivity index (χ0) is 36.2. The predicted molar refractivity (Wildman–Crippen MR) is 196 cm³/mol. The Balaban J connectivity index is 1.08. The molecule has 1 heterocycles. The van der Waals surface area contributed by atoms with Crippen LogP contribution in [0.4, 0.5) is 5.69 Å². The summed E-state index contributed by atoms with van der Waals surface area (Å²) in [5.74, 6) is -0.0815. The molecule has 12 nitrogen and oxygen atoms in total. The van der Waals surface area contributed by atoms with E-state index in [4.69, 9.17) is 15.6 Å². The number of hydrogen-bond acceptors (Lipinski definition) is 7. The van der Waals surface area contributed by atoms with Crippen LogP contribution in [-0.4, -0.2) is 52.1 Å². The third-order valence-corrected chi connectivity index (χ3v) is 9.20. The molecule has 2 aliphatic carbocycles. The number of aromatic nitrogens is 2. The summed E-state index contributed by atoms with van der Waals surface area (Å²) >= 11 is 0. The molecule has 4 N–H and O–H groups in total. The quantitative estimate of drug-likeness (QED) is 0.109. The van der Waals surface area contributed by atoms with Crippen LogP contribution < -0.4 is 16.3 Å². The van der Waals surface area contributed by atoms with Crippen molar-refractivity contribution in [1.82, 2.24) is 20.0 Å². The van der Waals surface area contributed by atoms with E-state index >= 15 is 0 Å². The van der Waals surface area contributed by atoms with E-state index in [1.807, 2.05) is 71.4 Å². The molecular weight excluding hydrogens is 660 g/mol. The molecule has 0 spiro atoms. The first-order valence-corrected chi connectivity index (χ1v) is 17.1. The Morgan fingerprint density at radius 1 is 0.942 bits per heavy atom. The van der Waals surface area contributed by atoms with E-state index in [0.717, 1.165) is 52.9 Å². The summed E-state index contributed by atoms with van der Waals surface area (Å²) in [5.41, 5.74) is 9.87. The second kappa shape index (κ2) is 15.0. The van der Waals surface area contributed by atoms with Gasteiger partial charge in [0.05, 0.1) is 24.3 Å². The zero-order valence-electron chi connectivity index (χ0n) is 28.3. The van der Waals surface area contributed by atoms with Gasteiger partial charge >= 0.3 is 0 Å². The molecule has 0 radical (unpaired) electrons. The lowest BCUT2D eigenvalue weighted by Gasteiger charge is -2.30. The molecule has 264 valence electrons. The number of hydrogen-bond donors (Lipinski definition) is 3. The number of rotatable bonds is 14. The van der Waals surface area contributed by atoms with E-state index in [2.05, 4.69) is 5.32 Å². The first-order valence-electron chi connectivity index (χ1n) is 17.1. The van der Waals surface area contributed by atoms with Crippen LogP contribution in [0.25, 0.3) is 27.8 Å². The van der Waals surface area contributed by atoms with Crippen molar-refractivity contribution in [2.24, 2.45) is 11.7 Å². The molecule has 2 aliphatic rings. The highest BCUT2D eigenvalue weighted by Gasteiger charge is 2.29. The number of fused-ring (bicyclic) bond motifs is 1. The number of nitrogens with zero attached hydrogens (tertiary/aromatic N) is 3. The molecule has 1 aromatic heterocycles. The Morgan fingerprint density at radius 3 is 2.37 bits per heavy atom. The van der Waals surface area contributed by atoms with Gasteiger partial charge in [-0.15, -0.1) is 0 Å². The summed E-state index contributed by atoms with van der Waals surface area (Å²) in [5, 5.41) is 31.7. The van der Waals surface area contributed by atoms with E-state index in [1.165, 1.54) is 6.07 Å². The molecule has 7 rings (SSSR count). The highest BCUT2D eigenvalue weighted by atomic mass is 16.8. The third kappa shape index (κ3) is 7.64. The van der Waals surface area contributed by atoms with Crippen LogP contribution >= 0.6 is 0 Å². The fraction of sp³-hybridized carbons (Fsp3) is 0.200. The van der Waals surface area contributed by atoms with Crippen molar-refractivity contribution in [3.05, 3.63) is 148 Å². The minimum Gasteiger partial charge on any atom is -0.628 e. The number of ether oxygens (including phenoxy) is 1. The first-order chi connectivity index (χ1) is 25.2. The molecule has 0 saturated heterocycles. The number of quaternary nitrogens is 1. The highest BCUT2D eigenvalue weighted by Crippen LogP contribution is 2.32. The topological polar surface area (TPSA) is 170 Å². The number of primary amides is 1. The number of carbonyl (C=O) groups excluding carboxylic acids is 3. The maximum atomic E-state index is 14.0. The summed E-state index contributed by atoms with van der Waals surface area (Å²) in [6.07, 6.45) is 8.59. The number of benzene rings is 4. The van der Waals surface area contributed by atoms with Crippen molar-refractivity contribution in [3.63, 3.8) is 0 Å². The molecule has 52 heavy (non-hydrogen) atoms. The van der Waals surface area contributed by atoms with Gasteiger partial charge in [-0.25, -0.2) is 4.68 Å². The van der Waals surface area contributed by atoms with Crippen molar-refractivity contribution in [2.75, 3.05) is 19.7 Å². The Hall–Kier alpha value is -6.08. The molecule has 1 fully saturated rings. The molecule has 0 aliphatic heterocycles. The summed E-state index contributed by atoms with van der Waals surface area (Å²) < 4.78 is 7.39. The van der Waals surface area contributed by atoms with Crippen molar-refractivity contribution in [1.29, 1.82) is 0 Å². The van der Waals surface area contributed by atoms with Gasteiger partial charge in [0.15, 0.2) is 0 Å². The lowest BCUT2D eigenvalue weighted by atomic mass is 10.1. The van der Waals surface area contributed by atoms with Crippen molar-refractivity contribution >= 4 is 34.3 Å². The first kappa shape index (κ1) is 34.4. The summed E-state index contributed by atoms with van der Waals surface area (Å²) in [7, 11) is 0. The zero-order valence-corrected chi connectivity index (χ0v) is 28.3. The minimum absolute atomic E-state index is 0.0421. The van der Waals surface area contributed by atoms with Gasteiger partial charge in [0.25, 0.3) is 11.8 Å². The smallest absolute Gasteiger partial charge is 0.254 e. The number of allylic oxidation sites excluding steroid dienone is 3. The van der Waals surface area contributed by atoms with Crippen LogP contribution in [-0.2, 0) is 11.3 Å². The van der Waals surface area contributed by atoms with E-state index < -0.39 is 17.0 Å². The Bertz CT molecular complexity index is 2180. The lowest BCUT2D eigenvalue weighted by molar-refractivity contribution is -0.715. The van der Waals surface area contributed by atoms with Gasteiger partial charge in [-0.3, -0.25) is 14.4 Å². The maximum absolute atomic E-state index is 14.0. The van der Waals surface area contributed by atoms with Crippen molar-refractivity contribution in [3.8, 4) is 16.9 Å². The highest BCUT2D eigenvalue weighted by molar-refractivity contribution is 5.97. The number of para-hydroxylation sites is 1. The number of nitrogens with two attached hydrogens (primary N) is 1. The normalized spacial score (nSPS) is 13.7. The van der Waals surface area contributed by atoms with Crippen LogP contribution in [0.2, 0.25) is 0 Å². The molecular formula is C40H37N6O6-. The van der Waals surface area contributed by atoms with Crippen LogP contribution in [0, 0.1) is 16.3 Å². The molecule has 0 bridgehead atoms. The van der Waals surface area contributed by atoms with Gasteiger partial charge in [-0.05, 0) is 85.9 Å². The van der Waals surface area contributed by atoms with E-state index in [1.54, 1.807) is 41.3 Å². The summed E-state index contributed by atoms with van der Waals surface area (Å²) in [6, 6.07) is 26.3. The Kier molecular flexibility index (Phi) is 9.94. The number of amides is 3. The van der Waals surface area contributed by atoms with Crippen LogP contribution in [0.15, 0.2) is 115 Å². The standard InChI is InChI=1S/C40H37N6O6/c41-38(47)28-13-11-27(12-14-28)37-34-7-3-4-8-35(34)45(43-37)32-19-17-29(18-20-32)40(49)44(24-26-9-10-26)25-31-16-15-30(23-36(31)46(50)51)39(48)42-21-22-52-33-5-1-2-6-33/h1,3-8,11-20,23,26,46H,2,9-10,21-22,24-25H2,(H2,41,47)(H,42,48)/q-1.